The number of aliphatic hydroxyl groups is 1. The maximum atomic E-state index is 14.0. The predicted octanol–water partition coefficient (Wildman–Crippen LogP) is 6.01. The Labute approximate surface area is 243 Å². The van der Waals surface area contributed by atoms with E-state index in [1.54, 1.807) is 30.3 Å². The van der Waals surface area contributed by atoms with E-state index in [1.165, 1.54) is 14.0 Å². The van der Waals surface area contributed by atoms with Crippen molar-refractivity contribution < 1.29 is 24.2 Å². The first-order chi connectivity index (χ1) is 18.9. The van der Waals surface area contributed by atoms with Gasteiger partial charge in [-0.25, -0.2) is 0 Å². The Morgan fingerprint density at radius 3 is 2.00 bits per heavy atom. The molecule has 0 bridgehead atoms. The second-order valence-corrected chi connectivity index (χ2v) is 11.7. The molecule has 0 aliphatic heterocycles. The van der Waals surface area contributed by atoms with Crippen molar-refractivity contribution in [2.75, 3.05) is 17.7 Å². The molecule has 4 atom stereocenters. The average Bonchev–Trinajstić information content (AvgIpc) is 2.88. The molecule has 2 amide bonds. The molecule has 1 saturated carbocycles. The summed E-state index contributed by atoms with van der Waals surface area (Å²) in [7, 11) is 1.54. The van der Waals surface area contributed by atoms with E-state index < -0.39 is 41.0 Å². The van der Waals surface area contributed by atoms with Gasteiger partial charge in [-0.1, -0.05) is 30.3 Å². The van der Waals surface area contributed by atoms with Gasteiger partial charge in [-0.05, 0) is 103 Å². The summed E-state index contributed by atoms with van der Waals surface area (Å²) in [6.45, 7) is 9.19. The van der Waals surface area contributed by atoms with Crippen LogP contribution in [0.1, 0.15) is 47.1 Å². The van der Waals surface area contributed by atoms with Crippen LogP contribution < -0.4 is 15.4 Å². The van der Waals surface area contributed by atoms with Crippen molar-refractivity contribution in [3.05, 3.63) is 86.9 Å². The number of ether oxygens (including phenoxy) is 1. The lowest BCUT2D eigenvalue weighted by Crippen LogP contribution is -2.56. The number of ketones is 1. The van der Waals surface area contributed by atoms with Crippen molar-refractivity contribution >= 4 is 44.9 Å². The summed E-state index contributed by atoms with van der Waals surface area (Å²) in [5, 5.41) is 17.5. The van der Waals surface area contributed by atoms with Crippen LogP contribution in [-0.4, -0.2) is 35.4 Å². The second-order valence-electron chi connectivity index (χ2n) is 10.8. The summed E-state index contributed by atoms with van der Waals surface area (Å²) in [5.74, 6) is -4.13. The van der Waals surface area contributed by atoms with Crippen LogP contribution in [0.15, 0.2) is 59.1 Å². The minimum Gasteiger partial charge on any atom is -0.496 e. The number of hydrogen-bond acceptors (Lipinski definition) is 5. The molecule has 210 valence electrons. The number of nitrogens with one attached hydrogen (secondary N) is 2. The molecule has 3 aromatic rings. The largest absolute Gasteiger partial charge is 0.496 e. The molecule has 1 fully saturated rings. The highest BCUT2D eigenvalue weighted by Gasteiger charge is 2.56. The van der Waals surface area contributed by atoms with E-state index in [-0.39, 0.29) is 6.42 Å². The summed E-state index contributed by atoms with van der Waals surface area (Å²) < 4.78 is 5.99. The van der Waals surface area contributed by atoms with Gasteiger partial charge in [0.1, 0.15) is 17.5 Å². The van der Waals surface area contributed by atoms with E-state index in [9.17, 15) is 19.5 Å². The van der Waals surface area contributed by atoms with Gasteiger partial charge >= 0.3 is 0 Å². The van der Waals surface area contributed by atoms with E-state index in [2.05, 4.69) is 26.6 Å². The predicted molar refractivity (Wildman–Crippen MR) is 160 cm³/mol. The van der Waals surface area contributed by atoms with Crippen LogP contribution in [0.5, 0.6) is 5.75 Å². The van der Waals surface area contributed by atoms with Crippen molar-refractivity contribution in [3.63, 3.8) is 0 Å². The van der Waals surface area contributed by atoms with Gasteiger partial charge < -0.3 is 20.5 Å². The van der Waals surface area contributed by atoms with E-state index in [0.717, 1.165) is 22.3 Å². The molecule has 0 heterocycles. The van der Waals surface area contributed by atoms with E-state index in [0.29, 0.717) is 27.2 Å². The molecule has 8 heteroatoms. The van der Waals surface area contributed by atoms with Crippen molar-refractivity contribution in [2.45, 2.75) is 52.6 Å². The molecule has 1 aliphatic carbocycles. The fourth-order valence-corrected chi connectivity index (χ4v) is 6.13. The minimum atomic E-state index is -1.70. The van der Waals surface area contributed by atoms with Crippen LogP contribution in [0.25, 0.3) is 0 Å². The van der Waals surface area contributed by atoms with Gasteiger partial charge in [-0.3, -0.25) is 14.4 Å². The molecule has 3 aromatic carbocycles. The molecule has 0 saturated heterocycles. The summed E-state index contributed by atoms with van der Waals surface area (Å²) in [6.07, 6.45) is -0.337. The summed E-state index contributed by atoms with van der Waals surface area (Å²) in [6, 6.07) is 16.4. The number of anilines is 2. The molecule has 0 aromatic heterocycles. The van der Waals surface area contributed by atoms with Crippen molar-refractivity contribution in [2.24, 2.45) is 11.8 Å². The highest BCUT2D eigenvalue weighted by Crippen LogP contribution is 2.48. The van der Waals surface area contributed by atoms with Gasteiger partial charge in [0, 0.05) is 23.7 Å². The molecule has 40 heavy (non-hydrogen) atoms. The first-order valence-corrected chi connectivity index (χ1v) is 14.0. The number of hydrogen-bond donors (Lipinski definition) is 3. The summed E-state index contributed by atoms with van der Waals surface area (Å²) in [4.78, 5) is 41.5. The number of rotatable bonds is 6. The Morgan fingerprint density at radius 2 is 1.48 bits per heavy atom. The third-order valence-electron chi connectivity index (χ3n) is 8.12. The molecule has 0 spiro atoms. The van der Waals surface area contributed by atoms with Gasteiger partial charge in [-0.15, -0.1) is 0 Å². The number of aryl methyl sites for hydroxylation is 2. The molecule has 1 aliphatic rings. The number of methoxy groups -OCH3 is 1. The smallest absolute Gasteiger partial charge is 0.235 e. The average molecular weight is 608 g/mol. The van der Waals surface area contributed by atoms with Crippen LogP contribution in [0.3, 0.4) is 0 Å². The van der Waals surface area contributed by atoms with E-state index in [4.69, 9.17) is 4.74 Å². The van der Waals surface area contributed by atoms with Crippen LogP contribution in [0, 0.1) is 39.5 Å². The van der Waals surface area contributed by atoms with Gasteiger partial charge in [-0.2, -0.15) is 0 Å². The lowest BCUT2D eigenvalue weighted by molar-refractivity contribution is -0.150. The SMILES string of the molecule is COc1ccc(C2C(C(=O)Nc3cccc(C)c3C)C(=O)CC(C)(O)C2C(=O)Nc2cccc(C)c2C)cc1Br. The van der Waals surface area contributed by atoms with E-state index >= 15 is 0 Å². The monoisotopic (exact) mass is 606 g/mol. The van der Waals surface area contributed by atoms with Gasteiger partial charge in [0.25, 0.3) is 0 Å². The Morgan fingerprint density at radius 1 is 0.925 bits per heavy atom. The van der Waals surface area contributed by atoms with Crippen molar-refractivity contribution in [3.8, 4) is 5.75 Å². The van der Waals surface area contributed by atoms with Gasteiger partial charge in [0.2, 0.25) is 11.8 Å². The number of halogens is 1. The van der Waals surface area contributed by atoms with Gasteiger partial charge in [0.15, 0.2) is 0 Å². The third kappa shape index (κ3) is 5.69. The van der Waals surface area contributed by atoms with Crippen LogP contribution >= 0.6 is 15.9 Å². The lowest BCUT2D eigenvalue weighted by atomic mass is 9.61. The standard InChI is InChI=1S/C32H35BrN2O5/c1-17-9-7-11-23(19(17)3)34-30(37)28-25(36)16-32(5,39)29(27(28)21-13-14-26(40-6)22(33)15-21)31(38)35-24-12-8-10-18(2)20(24)4/h7-15,27-29,39H,16H2,1-6H3,(H,34,37)(H,35,38). The summed E-state index contributed by atoms with van der Waals surface area (Å²) >= 11 is 3.50. The molecule has 4 rings (SSSR count). The Hall–Kier alpha value is -3.49. The topological polar surface area (TPSA) is 105 Å². The maximum absolute atomic E-state index is 14.0. The van der Waals surface area contributed by atoms with Crippen molar-refractivity contribution in [1.29, 1.82) is 0 Å². The fourth-order valence-electron chi connectivity index (χ4n) is 5.58. The zero-order valence-electron chi connectivity index (χ0n) is 23.6. The van der Waals surface area contributed by atoms with Crippen LogP contribution in [0.2, 0.25) is 0 Å². The Bertz CT molecular complexity index is 1480. The first-order valence-electron chi connectivity index (χ1n) is 13.2. The van der Waals surface area contributed by atoms with Crippen molar-refractivity contribution in [1.82, 2.24) is 0 Å². The normalized spacial score (nSPS) is 22.5. The second kappa shape index (κ2) is 11.6. The maximum Gasteiger partial charge on any atom is 0.235 e. The Balaban J connectivity index is 1.83. The zero-order valence-corrected chi connectivity index (χ0v) is 25.2. The molecular weight excluding hydrogens is 572 g/mol. The molecule has 3 N–H and O–H groups in total. The molecular formula is C32H35BrN2O5. The molecule has 7 nitrogen and oxygen atoms in total. The number of carbonyl (C=O) groups is 3. The number of Topliss-reactive ketones (excluding diaryl/α,β-unsaturated/α-hetero) is 1. The van der Waals surface area contributed by atoms with Gasteiger partial charge in [0.05, 0.1) is 23.1 Å². The van der Waals surface area contributed by atoms with Crippen LogP contribution in [0.4, 0.5) is 11.4 Å². The minimum absolute atomic E-state index is 0.337. The van der Waals surface area contributed by atoms with Crippen LogP contribution in [-0.2, 0) is 14.4 Å². The Kier molecular flexibility index (Phi) is 8.52. The quantitative estimate of drug-likeness (QED) is 0.298. The van der Waals surface area contributed by atoms with E-state index in [1.807, 2.05) is 52.0 Å². The third-order valence-corrected chi connectivity index (χ3v) is 8.74. The number of amides is 2. The number of benzene rings is 3. The molecule has 4 unspecified atom stereocenters. The molecule has 0 radical (unpaired) electrons. The lowest BCUT2D eigenvalue weighted by Gasteiger charge is -2.44. The first kappa shape index (κ1) is 29.5. The zero-order chi connectivity index (χ0) is 29.4. The summed E-state index contributed by atoms with van der Waals surface area (Å²) in [5.41, 5.74) is 3.86. The fraction of sp³-hybridized carbons (Fsp3) is 0.344. The number of carbonyl (C=O) groups excluding carboxylic acids is 3. The highest BCUT2D eigenvalue weighted by molar-refractivity contribution is 9.10. The highest BCUT2D eigenvalue weighted by atomic mass is 79.9.